The van der Waals surface area contributed by atoms with Crippen molar-refractivity contribution in [3.05, 3.63) is 58.4 Å². The Morgan fingerprint density at radius 2 is 1.60 bits per heavy atom. The fraction of sp³-hybridized carbons (Fsp3) is 0.133. The van der Waals surface area contributed by atoms with Crippen molar-refractivity contribution in [3.8, 4) is 0 Å². The number of urea groups is 1. The van der Waals surface area contributed by atoms with Crippen molar-refractivity contribution in [1.82, 2.24) is 0 Å². The number of carbonyl (C=O) groups excluding carboxylic acids is 1. The molecular formula is C15H14ClFN2O. The van der Waals surface area contributed by atoms with Gasteiger partial charge in [0.15, 0.2) is 0 Å². The zero-order chi connectivity index (χ0) is 14.7. The Morgan fingerprint density at radius 1 is 1.00 bits per heavy atom. The van der Waals surface area contributed by atoms with Crippen LogP contribution in [-0.2, 0) is 0 Å². The van der Waals surface area contributed by atoms with Gasteiger partial charge in [-0.1, -0.05) is 17.7 Å². The molecule has 20 heavy (non-hydrogen) atoms. The van der Waals surface area contributed by atoms with Gasteiger partial charge in [0.05, 0.1) is 0 Å². The first kappa shape index (κ1) is 14.3. The third-order valence-electron chi connectivity index (χ3n) is 2.85. The fourth-order valence-electron chi connectivity index (χ4n) is 1.69. The predicted molar refractivity (Wildman–Crippen MR) is 80.0 cm³/mol. The number of amides is 2. The number of anilines is 2. The SMILES string of the molecule is Cc1cc(NC(=O)Nc2ccc(C)c(Cl)c2)ccc1F. The van der Waals surface area contributed by atoms with Crippen LogP contribution in [-0.4, -0.2) is 6.03 Å². The van der Waals surface area contributed by atoms with Gasteiger partial charge in [-0.2, -0.15) is 0 Å². The molecule has 0 unspecified atom stereocenters. The van der Waals surface area contributed by atoms with E-state index in [9.17, 15) is 9.18 Å². The van der Waals surface area contributed by atoms with E-state index < -0.39 is 6.03 Å². The average Bonchev–Trinajstić information content (AvgIpc) is 2.38. The van der Waals surface area contributed by atoms with Crippen LogP contribution in [0.2, 0.25) is 5.02 Å². The standard InChI is InChI=1S/C15H14ClFN2O/c1-9-3-4-12(8-13(9)16)19-15(20)18-11-5-6-14(17)10(2)7-11/h3-8H,1-2H3,(H2,18,19,20). The number of benzene rings is 2. The minimum absolute atomic E-state index is 0.304. The largest absolute Gasteiger partial charge is 0.323 e. The molecule has 0 fully saturated rings. The van der Waals surface area contributed by atoms with Gasteiger partial charge >= 0.3 is 6.03 Å². The summed E-state index contributed by atoms with van der Waals surface area (Å²) in [5, 5.41) is 5.88. The van der Waals surface area contributed by atoms with Crippen LogP contribution in [0.5, 0.6) is 0 Å². The Balaban J connectivity index is 2.04. The normalized spacial score (nSPS) is 10.2. The van der Waals surface area contributed by atoms with Crippen LogP contribution in [0.15, 0.2) is 36.4 Å². The smallest absolute Gasteiger partial charge is 0.308 e. The van der Waals surface area contributed by atoms with Gasteiger partial charge in [0.2, 0.25) is 0 Å². The summed E-state index contributed by atoms with van der Waals surface area (Å²) < 4.78 is 13.1. The molecule has 3 nitrogen and oxygen atoms in total. The average molecular weight is 293 g/mol. The molecule has 0 aliphatic rings. The summed E-state index contributed by atoms with van der Waals surface area (Å²) in [4.78, 5) is 11.8. The van der Waals surface area contributed by atoms with E-state index in [1.165, 1.54) is 12.1 Å². The van der Waals surface area contributed by atoms with Crippen LogP contribution < -0.4 is 10.6 Å². The number of halogens is 2. The molecule has 5 heteroatoms. The van der Waals surface area contributed by atoms with Gasteiger partial charge in [-0.05, 0) is 55.3 Å². The summed E-state index contributed by atoms with van der Waals surface area (Å²) in [5.41, 5.74) is 2.53. The minimum atomic E-state index is -0.407. The van der Waals surface area contributed by atoms with E-state index in [2.05, 4.69) is 10.6 Å². The molecular weight excluding hydrogens is 279 g/mol. The van der Waals surface area contributed by atoms with Gasteiger partial charge in [0.25, 0.3) is 0 Å². The van der Waals surface area contributed by atoms with E-state index in [-0.39, 0.29) is 5.82 Å². The number of hydrogen-bond acceptors (Lipinski definition) is 1. The van der Waals surface area contributed by atoms with Gasteiger partial charge in [-0.15, -0.1) is 0 Å². The molecule has 0 saturated heterocycles. The third kappa shape index (κ3) is 3.48. The summed E-state index contributed by atoms with van der Waals surface area (Å²) in [6.07, 6.45) is 0. The lowest BCUT2D eigenvalue weighted by molar-refractivity contribution is 0.262. The second kappa shape index (κ2) is 5.92. The molecule has 0 atom stereocenters. The van der Waals surface area contributed by atoms with Gasteiger partial charge < -0.3 is 10.6 Å². The highest BCUT2D eigenvalue weighted by Crippen LogP contribution is 2.20. The van der Waals surface area contributed by atoms with Gasteiger partial charge in [0, 0.05) is 16.4 Å². The summed E-state index contributed by atoms with van der Waals surface area (Å²) in [6, 6.07) is 9.23. The zero-order valence-electron chi connectivity index (χ0n) is 11.1. The van der Waals surface area contributed by atoms with Crippen LogP contribution in [0.1, 0.15) is 11.1 Å². The maximum absolute atomic E-state index is 13.1. The van der Waals surface area contributed by atoms with Crippen molar-refractivity contribution < 1.29 is 9.18 Å². The molecule has 0 spiro atoms. The number of carbonyl (C=O) groups is 1. The van der Waals surface area contributed by atoms with Crippen molar-refractivity contribution in [2.75, 3.05) is 10.6 Å². The lowest BCUT2D eigenvalue weighted by Gasteiger charge is -2.09. The Hall–Kier alpha value is -2.07. The Bertz CT molecular complexity index is 603. The van der Waals surface area contributed by atoms with Crippen LogP contribution in [0, 0.1) is 19.7 Å². The zero-order valence-corrected chi connectivity index (χ0v) is 11.9. The van der Waals surface area contributed by atoms with E-state index in [0.717, 1.165) is 5.56 Å². The molecule has 2 aromatic rings. The quantitative estimate of drug-likeness (QED) is 0.824. The van der Waals surface area contributed by atoms with E-state index >= 15 is 0 Å². The summed E-state index contributed by atoms with van der Waals surface area (Å²) in [6.45, 7) is 3.52. The molecule has 0 heterocycles. The van der Waals surface area contributed by atoms with Crippen molar-refractivity contribution >= 4 is 29.0 Å². The first-order valence-electron chi connectivity index (χ1n) is 6.06. The van der Waals surface area contributed by atoms with E-state index in [1.54, 1.807) is 25.1 Å². The number of aryl methyl sites for hydroxylation is 2. The summed E-state index contributed by atoms with van der Waals surface area (Å²) >= 11 is 5.98. The van der Waals surface area contributed by atoms with Crippen molar-refractivity contribution in [2.24, 2.45) is 0 Å². The first-order chi connectivity index (χ1) is 9.45. The molecule has 2 N–H and O–H groups in total. The molecule has 2 rings (SSSR count). The molecule has 0 radical (unpaired) electrons. The Morgan fingerprint density at radius 3 is 2.20 bits per heavy atom. The number of rotatable bonds is 2. The number of nitrogens with one attached hydrogen (secondary N) is 2. The van der Waals surface area contributed by atoms with Crippen molar-refractivity contribution in [3.63, 3.8) is 0 Å². The molecule has 2 amide bonds. The molecule has 104 valence electrons. The highest BCUT2D eigenvalue weighted by Gasteiger charge is 2.05. The van der Waals surface area contributed by atoms with Crippen LogP contribution in [0.25, 0.3) is 0 Å². The van der Waals surface area contributed by atoms with Gasteiger partial charge in [0.1, 0.15) is 5.82 Å². The van der Waals surface area contributed by atoms with Crippen LogP contribution in [0.4, 0.5) is 20.6 Å². The van der Waals surface area contributed by atoms with E-state index in [0.29, 0.717) is 22.0 Å². The number of hydrogen-bond donors (Lipinski definition) is 2. The van der Waals surface area contributed by atoms with Crippen LogP contribution in [0.3, 0.4) is 0 Å². The highest BCUT2D eigenvalue weighted by atomic mass is 35.5. The fourth-order valence-corrected chi connectivity index (χ4v) is 1.87. The Kier molecular flexibility index (Phi) is 4.25. The summed E-state index contributed by atoms with van der Waals surface area (Å²) in [5.74, 6) is -0.304. The minimum Gasteiger partial charge on any atom is -0.308 e. The second-order valence-electron chi connectivity index (χ2n) is 4.51. The molecule has 0 aliphatic carbocycles. The third-order valence-corrected chi connectivity index (χ3v) is 3.25. The summed E-state index contributed by atoms with van der Waals surface area (Å²) in [7, 11) is 0. The topological polar surface area (TPSA) is 41.1 Å². The molecule has 0 aliphatic heterocycles. The van der Waals surface area contributed by atoms with Gasteiger partial charge in [-0.3, -0.25) is 0 Å². The first-order valence-corrected chi connectivity index (χ1v) is 6.44. The predicted octanol–water partition coefficient (Wildman–Crippen LogP) is 4.74. The monoisotopic (exact) mass is 292 g/mol. The molecule has 2 aromatic carbocycles. The van der Waals surface area contributed by atoms with E-state index in [1.807, 2.05) is 13.0 Å². The molecule has 0 bridgehead atoms. The highest BCUT2D eigenvalue weighted by molar-refractivity contribution is 6.31. The van der Waals surface area contributed by atoms with E-state index in [4.69, 9.17) is 11.6 Å². The lowest BCUT2D eigenvalue weighted by atomic mass is 10.2. The second-order valence-corrected chi connectivity index (χ2v) is 4.91. The lowest BCUT2D eigenvalue weighted by Crippen LogP contribution is -2.19. The molecule has 0 aromatic heterocycles. The molecule has 0 saturated carbocycles. The van der Waals surface area contributed by atoms with Crippen molar-refractivity contribution in [1.29, 1.82) is 0 Å². The maximum atomic E-state index is 13.1. The van der Waals surface area contributed by atoms with Gasteiger partial charge in [-0.25, -0.2) is 9.18 Å². The van der Waals surface area contributed by atoms with Crippen LogP contribution >= 0.6 is 11.6 Å². The van der Waals surface area contributed by atoms with Crippen molar-refractivity contribution in [2.45, 2.75) is 13.8 Å². The Labute approximate surface area is 121 Å². The maximum Gasteiger partial charge on any atom is 0.323 e.